The lowest BCUT2D eigenvalue weighted by molar-refractivity contribution is -0.142. The molecule has 0 aliphatic carbocycles. The Labute approximate surface area is 155 Å². The number of carbonyl (C=O) groups excluding carboxylic acids is 2. The summed E-state index contributed by atoms with van der Waals surface area (Å²) in [7, 11) is 0. The monoisotopic (exact) mass is 354 g/mol. The van der Waals surface area contributed by atoms with Crippen molar-refractivity contribution in [3.05, 3.63) is 65.7 Å². The molecule has 0 aliphatic rings. The lowest BCUT2D eigenvalue weighted by Crippen LogP contribution is -2.49. The summed E-state index contributed by atoms with van der Waals surface area (Å²) in [5, 5.41) is 2.78. The van der Waals surface area contributed by atoms with Crippen LogP contribution in [0, 0.1) is 6.92 Å². The van der Waals surface area contributed by atoms with Crippen LogP contribution >= 0.6 is 0 Å². The highest BCUT2D eigenvalue weighted by Crippen LogP contribution is 2.13. The van der Waals surface area contributed by atoms with Gasteiger partial charge in [0.05, 0.1) is 0 Å². The molecule has 5 nitrogen and oxygen atoms in total. The molecule has 0 aromatic heterocycles. The van der Waals surface area contributed by atoms with Crippen LogP contribution in [-0.4, -0.2) is 35.9 Å². The van der Waals surface area contributed by atoms with Gasteiger partial charge in [0.2, 0.25) is 5.91 Å². The fraction of sp³-hybridized carbons (Fsp3) is 0.333. The molecule has 0 aliphatic heterocycles. The molecular formula is C21H26N2O3. The summed E-state index contributed by atoms with van der Waals surface area (Å²) >= 11 is 0. The van der Waals surface area contributed by atoms with Crippen molar-refractivity contribution >= 4 is 11.8 Å². The van der Waals surface area contributed by atoms with Gasteiger partial charge in [-0.15, -0.1) is 0 Å². The van der Waals surface area contributed by atoms with Crippen LogP contribution < -0.4 is 10.1 Å². The number of hydrogen-bond donors (Lipinski definition) is 1. The molecule has 0 radical (unpaired) electrons. The van der Waals surface area contributed by atoms with Gasteiger partial charge < -0.3 is 15.0 Å². The molecule has 26 heavy (non-hydrogen) atoms. The highest BCUT2D eigenvalue weighted by molar-refractivity contribution is 5.87. The number of likely N-dealkylation sites (N-methyl/N-ethyl adjacent to an activating group) is 1. The van der Waals surface area contributed by atoms with E-state index >= 15 is 0 Å². The zero-order valence-electron chi connectivity index (χ0n) is 15.6. The quantitative estimate of drug-likeness (QED) is 0.793. The van der Waals surface area contributed by atoms with E-state index in [1.807, 2.05) is 56.3 Å². The fourth-order valence-electron chi connectivity index (χ4n) is 2.66. The van der Waals surface area contributed by atoms with E-state index in [2.05, 4.69) is 5.32 Å². The van der Waals surface area contributed by atoms with Gasteiger partial charge in [0.1, 0.15) is 11.8 Å². The lowest BCUT2D eigenvalue weighted by Gasteiger charge is -2.28. The molecule has 2 aromatic rings. The van der Waals surface area contributed by atoms with Crippen molar-refractivity contribution in [2.24, 2.45) is 0 Å². The molecule has 0 heterocycles. The summed E-state index contributed by atoms with van der Waals surface area (Å²) < 4.78 is 5.58. The third-order valence-corrected chi connectivity index (χ3v) is 4.06. The third-order valence-electron chi connectivity index (χ3n) is 4.06. The number of benzene rings is 2. The van der Waals surface area contributed by atoms with Crippen molar-refractivity contribution in [1.29, 1.82) is 0 Å². The van der Waals surface area contributed by atoms with E-state index in [-0.39, 0.29) is 18.4 Å². The summed E-state index contributed by atoms with van der Waals surface area (Å²) in [4.78, 5) is 26.6. The highest BCUT2D eigenvalue weighted by atomic mass is 16.5. The van der Waals surface area contributed by atoms with Crippen LogP contribution in [0.15, 0.2) is 54.6 Å². The Bertz CT molecular complexity index is 731. The van der Waals surface area contributed by atoms with Crippen molar-refractivity contribution < 1.29 is 14.3 Å². The predicted molar refractivity (Wildman–Crippen MR) is 102 cm³/mol. The number of para-hydroxylation sites is 1. The zero-order chi connectivity index (χ0) is 18.9. The Hall–Kier alpha value is -2.82. The zero-order valence-corrected chi connectivity index (χ0v) is 15.6. The number of hydrogen-bond acceptors (Lipinski definition) is 3. The molecule has 2 amide bonds. The minimum Gasteiger partial charge on any atom is -0.484 e. The van der Waals surface area contributed by atoms with Gasteiger partial charge in [0, 0.05) is 13.1 Å². The predicted octanol–water partition coefficient (Wildman–Crippen LogP) is 2.93. The number of rotatable bonds is 8. The first-order valence-electron chi connectivity index (χ1n) is 8.81. The summed E-state index contributed by atoms with van der Waals surface area (Å²) in [6.07, 6.45) is 0. The van der Waals surface area contributed by atoms with Crippen molar-refractivity contribution in [2.45, 2.75) is 33.4 Å². The van der Waals surface area contributed by atoms with E-state index in [9.17, 15) is 9.59 Å². The van der Waals surface area contributed by atoms with E-state index in [1.54, 1.807) is 24.0 Å². The van der Waals surface area contributed by atoms with Crippen molar-refractivity contribution in [1.82, 2.24) is 10.2 Å². The topological polar surface area (TPSA) is 58.6 Å². The molecule has 2 aromatic carbocycles. The maximum atomic E-state index is 12.8. The van der Waals surface area contributed by atoms with Crippen LogP contribution in [0.3, 0.4) is 0 Å². The van der Waals surface area contributed by atoms with Gasteiger partial charge in [-0.3, -0.25) is 9.59 Å². The number of nitrogens with one attached hydrogen (secondary N) is 1. The maximum absolute atomic E-state index is 12.8. The van der Waals surface area contributed by atoms with E-state index in [1.165, 1.54) is 0 Å². The third kappa shape index (κ3) is 5.62. The van der Waals surface area contributed by atoms with Gasteiger partial charge in [0.15, 0.2) is 6.61 Å². The molecule has 1 atom stereocenters. The van der Waals surface area contributed by atoms with Crippen LogP contribution in [0.2, 0.25) is 0 Å². The van der Waals surface area contributed by atoms with E-state index in [0.717, 1.165) is 11.1 Å². The molecule has 0 fully saturated rings. The van der Waals surface area contributed by atoms with Gasteiger partial charge in [-0.25, -0.2) is 0 Å². The number of carbonyl (C=O) groups is 2. The van der Waals surface area contributed by atoms with Gasteiger partial charge in [0.25, 0.3) is 5.91 Å². The fourth-order valence-corrected chi connectivity index (χ4v) is 2.66. The Balaban J connectivity index is 2.12. The molecule has 0 bridgehead atoms. The number of amides is 2. The molecule has 5 heteroatoms. The highest BCUT2D eigenvalue weighted by Gasteiger charge is 2.26. The first-order valence-corrected chi connectivity index (χ1v) is 8.81. The minimum absolute atomic E-state index is 0.112. The van der Waals surface area contributed by atoms with Crippen LogP contribution in [0.5, 0.6) is 5.75 Å². The van der Waals surface area contributed by atoms with E-state index in [0.29, 0.717) is 18.8 Å². The maximum Gasteiger partial charge on any atom is 0.261 e. The largest absolute Gasteiger partial charge is 0.484 e. The first kappa shape index (κ1) is 19.5. The van der Waals surface area contributed by atoms with E-state index in [4.69, 9.17) is 4.74 Å². The van der Waals surface area contributed by atoms with Crippen molar-refractivity contribution in [2.75, 3.05) is 13.2 Å². The summed E-state index contributed by atoms with van der Waals surface area (Å²) in [5.41, 5.74) is 2.09. The Morgan fingerprint density at radius 3 is 2.50 bits per heavy atom. The summed E-state index contributed by atoms with van der Waals surface area (Å²) in [6.45, 7) is 6.37. The average Bonchev–Trinajstić information content (AvgIpc) is 2.64. The SMILES string of the molecule is CCNC(=O)[C@@H](C)N(Cc1cccc(C)c1)C(=O)COc1ccccc1. The lowest BCUT2D eigenvalue weighted by atomic mass is 10.1. The first-order chi connectivity index (χ1) is 12.5. The average molecular weight is 354 g/mol. The minimum atomic E-state index is -0.581. The second-order valence-electron chi connectivity index (χ2n) is 6.18. The standard InChI is InChI=1S/C21H26N2O3/c1-4-22-21(25)17(3)23(14-18-10-8-9-16(2)13-18)20(24)15-26-19-11-6-5-7-12-19/h5-13,17H,4,14-15H2,1-3H3,(H,22,25)/t17-/m1/s1. The van der Waals surface area contributed by atoms with Gasteiger partial charge in [-0.1, -0.05) is 48.0 Å². The number of ether oxygens (including phenoxy) is 1. The second-order valence-corrected chi connectivity index (χ2v) is 6.18. The molecule has 138 valence electrons. The summed E-state index contributed by atoms with van der Waals surface area (Å²) in [5.74, 6) is 0.226. The Morgan fingerprint density at radius 1 is 1.12 bits per heavy atom. The molecule has 1 N–H and O–H groups in total. The number of aryl methyl sites for hydroxylation is 1. The van der Waals surface area contributed by atoms with Gasteiger partial charge in [-0.05, 0) is 38.5 Å². The summed E-state index contributed by atoms with van der Waals surface area (Å²) in [6, 6.07) is 16.5. The van der Waals surface area contributed by atoms with Crippen molar-refractivity contribution in [3.8, 4) is 5.75 Å². The van der Waals surface area contributed by atoms with Crippen LogP contribution in [0.25, 0.3) is 0 Å². The molecular weight excluding hydrogens is 328 g/mol. The molecule has 0 saturated heterocycles. The van der Waals surface area contributed by atoms with Crippen LogP contribution in [-0.2, 0) is 16.1 Å². The van der Waals surface area contributed by atoms with Gasteiger partial charge in [-0.2, -0.15) is 0 Å². The Kier molecular flexibility index (Phi) is 7.21. The molecule has 2 rings (SSSR count). The normalized spacial score (nSPS) is 11.5. The van der Waals surface area contributed by atoms with Crippen LogP contribution in [0.4, 0.5) is 0 Å². The van der Waals surface area contributed by atoms with Crippen molar-refractivity contribution in [3.63, 3.8) is 0 Å². The van der Waals surface area contributed by atoms with Crippen LogP contribution in [0.1, 0.15) is 25.0 Å². The van der Waals surface area contributed by atoms with E-state index < -0.39 is 6.04 Å². The Morgan fingerprint density at radius 2 is 1.85 bits per heavy atom. The molecule has 0 saturated carbocycles. The molecule has 0 spiro atoms. The molecule has 0 unspecified atom stereocenters. The second kappa shape index (κ2) is 9.61. The van der Waals surface area contributed by atoms with Gasteiger partial charge >= 0.3 is 0 Å². The number of nitrogens with zero attached hydrogens (tertiary/aromatic N) is 1. The smallest absolute Gasteiger partial charge is 0.261 e.